The zero-order chi connectivity index (χ0) is 28.6. The highest BCUT2D eigenvalue weighted by atomic mass is 16.5. The van der Waals surface area contributed by atoms with Crippen molar-refractivity contribution >= 4 is 5.91 Å². The highest BCUT2D eigenvalue weighted by Gasteiger charge is 2.48. The van der Waals surface area contributed by atoms with Crippen LogP contribution in [0.15, 0.2) is 83.7 Å². The minimum absolute atomic E-state index is 0.0579. The van der Waals surface area contributed by atoms with Gasteiger partial charge < -0.3 is 19.7 Å². The Morgan fingerprint density at radius 3 is 2.46 bits per heavy atom. The SMILES string of the molecule is CC(C)Oc1cccc(-c2cccc(C(O)C(=O)N3CCCc4nc(C5(c6ccccc6)CC5)[nH]c(=O)c4C3)c2)c1. The van der Waals surface area contributed by atoms with Gasteiger partial charge in [-0.1, -0.05) is 60.7 Å². The molecule has 3 aromatic carbocycles. The Morgan fingerprint density at radius 2 is 1.73 bits per heavy atom. The van der Waals surface area contributed by atoms with E-state index in [-0.39, 0.29) is 23.6 Å². The van der Waals surface area contributed by atoms with E-state index in [1.165, 1.54) is 0 Å². The maximum atomic E-state index is 13.5. The fourth-order valence-electron chi connectivity index (χ4n) is 5.81. The first-order chi connectivity index (χ1) is 19.8. The number of carbonyl (C=O) groups excluding carboxylic acids is 1. The van der Waals surface area contributed by atoms with Crippen molar-refractivity contribution in [3.63, 3.8) is 0 Å². The normalized spacial score (nSPS) is 16.5. The number of ether oxygens (including phenoxy) is 1. The van der Waals surface area contributed by atoms with Crippen molar-refractivity contribution in [3.05, 3.63) is 117 Å². The first-order valence-electron chi connectivity index (χ1n) is 14.4. The molecule has 0 radical (unpaired) electrons. The Bertz CT molecular complexity index is 1620. The number of benzene rings is 3. The zero-order valence-corrected chi connectivity index (χ0v) is 23.5. The summed E-state index contributed by atoms with van der Waals surface area (Å²) in [4.78, 5) is 36.5. The first-order valence-corrected chi connectivity index (χ1v) is 14.4. The number of amides is 1. The molecule has 1 unspecified atom stereocenters. The van der Waals surface area contributed by atoms with Crippen molar-refractivity contribution in [2.24, 2.45) is 0 Å². The molecule has 41 heavy (non-hydrogen) atoms. The van der Waals surface area contributed by atoms with E-state index in [9.17, 15) is 14.7 Å². The molecule has 1 saturated carbocycles. The van der Waals surface area contributed by atoms with Crippen molar-refractivity contribution < 1.29 is 14.6 Å². The van der Waals surface area contributed by atoms with Gasteiger partial charge in [-0.15, -0.1) is 0 Å². The summed E-state index contributed by atoms with van der Waals surface area (Å²) in [7, 11) is 0. The summed E-state index contributed by atoms with van der Waals surface area (Å²) in [5.41, 5.74) is 4.31. The lowest BCUT2D eigenvalue weighted by Gasteiger charge is -2.24. The molecule has 6 rings (SSSR count). The third-order valence-electron chi connectivity index (χ3n) is 8.11. The number of carbonyl (C=O) groups is 1. The Morgan fingerprint density at radius 1 is 1.00 bits per heavy atom. The number of H-pyrrole nitrogens is 1. The Balaban J connectivity index is 1.22. The summed E-state index contributed by atoms with van der Waals surface area (Å²) in [6.45, 7) is 4.53. The number of nitrogens with zero attached hydrogens (tertiary/aromatic N) is 2. The number of nitrogens with one attached hydrogen (secondary N) is 1. The molecule has 1 atom stereocenters. The molecule has 2 N–H and O–H groups in total. The molecule has 1 fully saturated rings. The largest absolute Gasteiger partial charge is 0.491 e. The number of aryl methyl sites for hydroxylation is 1. The number of hydrogen-bond donors (Lipinski definition) is 2. The third-order valence-corrected chi connectivity index (χ3v) is 8.11. The molecule has 1 aromatic heterocycles. The lowest BCUT2D eigenvalue weighted by Crippen LogP contribution is -2.36. The summed E-state index contributed by atoms with van der Waals surface area (Å²) < 4.78 is 5.83. The zero-order valence-electron chi connectivity index (χ0n) is 23.5. The van der Waals surface area contributed by atoms with Crippen LogP contribution in [0, 0.1) is 0 Å². The quantitative estimate of drug-likeness (QED) is 0.326. The highest BCUT2D eigenvalue weighted by Crippen LogP contribution is 2.52. The minimum atomic E-state index is -1.34. The standard InChI is InChI=1S/C34H35N3O4/c1-22(2)41-27-14-7-10-24(20-27)23-9-6-11-25(19-23)30(38)32(40)37-18-8-15-29-28(21-37)31(39)36-33(35-29)34(16-17-34)26-12-4-3-5-13-26/h3-7,9-14,19-20,22,30,38H,8,15-18,21H2,1-2H3,(H,35,36,39). The number of hydrogen-bond acceptors (Lipinski definition) is 5. The number of rotatable bonds is 7. The third kappa shape index (κ3) is 5.42. The van der Waals surface area contributed by atoms with Gasteiger partial charge in [-0.05, 0) is 80.0 Å². The average molecular weight is 550 g/mol. The molecule has 0 spiro atoms. The van der Waals surface area contributed by atoms with Crippen molar-refractivity contribution in [1.29, 1.82) is 0 Å². The minimum Gasteiger partial charge on any atom is -0.491 e. The van der Waals surface area contributed by atoms with Crippen molar-refractivity contribution in [1.82, 2.24) is 14.9 Å². The molecule has 0 saturated heterocycles. The summed E-state index contributed by atoms with van der Waals surface area (Å²) in [6.07, 6.45) is 1.89. The van der Waals surface area contributed by atoms with E-state index in [4.69, 9.17) is 9.72 Å². The first kappa shape index (κ1) is 27.0. The van der Waals surface area contributed by atoms with Crippen LogP contribution in [0.25, 0.3) is 11.1 Å². The van der Waals surface area contributed by atoms with Crippen LogP contribution in [0.4, 0.5) is 0 Å². The fourth-order valence-corrected chi connectivity index (χ4v) is 5.81. The maximum Gasteiger partial charge on any atom is 0.256 e. The fraction of sp³-hybridized carbons (Fsp3) is 0.324. The lowest BCUT2D eigenvalue weighted by atomic mass is 9.94. The number of aliphatic hydroxyl groups is 1. The summed E-state index contributed by atoms with van der Waals surface area (Å²) in [6, 6.07) is 25.3. The molecule has 7 heteroatoms. The van der Waals surface area contributed by atoms with E-state index in [1.54, 1.807) is 11.0 Å². The van der Waals surface area contributed by atoms with Crippen LogP contribution in [0.5, 0.6) is 5.75 Å². The van der Waals surface area contributed by atoms with E-state index < -0.39 is 12.0 Å². The molecular formula is C34H35N3O4. The van der Waals surface area contributed by atoms with Gasteiger partial charge in [0.05, 0.1) is 29.3 Å². The molecule has 0 bridgehead atoms. The number of aliphatic hydroxyl groups excluding tert-OH is 1. The van der Waals surface area contributed by atoms with Gasteiger partial charge in [0.15, 0.2) is 6.10 Å². The van der Waals surface area contributed by atoms with Crippen LogP contribution in [-0.4, -0.2) is 38.5 Å². The van der Waals surface area contributed by atoms with Crippen LogP contribution in [0.2, 0.25) is 0 Å². The van der Waals surface area contributed by atoms with Gasteiger partial charge in [0, 0.05) is 6.54 Å². The monoisotopic (exact) mass is 549 g/mol. The van der Waals surface area contributed by atoms with Crippen molar-refractivity contribution in [3.8, 4) is 16.9 Å². The maximum absolute atomic E-state index is 13.5. The van der Waals surface area contributed by atoms with E-state index in [0.717, 1.165) is 41.0 Å². The van der Waals surface area contributed by atoms with E-state index in [0.29, 0.717) is 36.3 Å². The predicted octanol–water partition coefficient (Wildman–Crippen LogP) is 5.31. The van der Waals surface area contributed by atoms with Crippen molar-refractivity contribution in [2.45, 2.75) is 63.7 Å². The summed E-state index contributed by atoms with van der Waals surface area (Å²) in [5, 5.41) is 11.2. The molecular weight excluding hydrogens is 514 g/mol. The van der Waals surface area contributed by atoms with Crippen LogP contribution in [0.3, 0.4) is 0 Å². The van der Waals surface area contributed by atoms with Gasteiger partial charge in [-0.2, -0.15) is 0 Å². The summed E-state index contributed by atoms with van der Waals surface area (Å²) >= 11 is 0. The number of aromatic amines is 1. The molecule has 1 aliphatic carbocycles. The number of fused-ring (bicyclic) bond motifs is 1. The second-order valence-electron chi connectivity index (χ2n) is 11.4. The smallest absolute Gasteiger partial charge is 0.256 e. The lowest BCUT2D eigenvalue weighted by molar-refractivity contribution is -0.141. The average Bonchev–Trinajstić information content (AvgIpc) is 3.81. The van der Waals surface area contributed by atoms with Crippen LogP contribution >= 0.6 is 0 Å². The molecule has 1 amide bonds. The Labute approximate surface area is 239 Å². The second-order valence-corrected chi connectivity index (χ2v) is 11.4. The van der Waals surface area contributed by atoms with Gasteiger partial charge in [-0.3, -0.25) is 9.59 Å². The highest BCUT2D eigenvalue weighted by molar-refractivity contribution is 5.83. The molecule has 4 aromatic rings. The van der Waals surface area contributed by atoms with Gasteiger partial charge >= 0.3 is 0 Å². The van der Waals surface area contributed by atoms with E-state index in [1.807, 2.05) is 74.5 Å². The van der Waals surface area contributed by atoms with Crippen molar-refractivity contribution in [2.75, 3.05) is 6.54 Å². The summed E-state index contributed by atoms with van der Waals surface area (Å²) in [5.74, 6) is 1.06. The van der Waals surface area contributed by atoms with Crippen LogP contribution in [-0.2, 0) is 23.2 Å². The van der Waals surface area contributed by atoms with E-state index >= 15 is 0 Å². The molecule has 210 valence electrons. The Kier molecular flexibility index (Phi) is 7.22. The van der Waals surface area contributed by atoms with Gasteiger partial charge in [0.1, 0.15) is 11.6 Å². The second kappa shape index (κ2) is 11.0. The van der Waals surface area contributed by atoms with Gasteiger partial charge in [0.25, 0.3) is 11.5 Å². The predicted molar refractivity (Wildman–Crippen MR) is 158 cm³/mol. The van der Waals surface area contributed by atoms with E-state index in [2.05, 4.69) is 17.1 Å². The number of aromatic nitrogens is 2. The van der Waals surface area contributed by atoms with Crippen LogP contribution < -0.4 is 10.3 Å². The molecule has 2 heterocycles. The molecule has 1 aliphatic heterocycles. The topological polar surface area (TPSA) is 95.5 Å². The molecule has 7 nitrogen and oxygen atoms in total. The Hall–Kier alpha value is -4.23. The van der Waals surface area contributed by atoms with Crippen LogP contribution in [0.1, 0.15) is 67.4 Å². The van der Waals surface area contributed by atoms with Gasteiger partial charge in [0.2, 0.25) is 0 Å². The molecule has 2 aliphatic rings. The van der Waals surface area contributed by atoms with Gasteiger partial charge in [-0.25, -0.2) is 4.98 Å².